The number of carbonyl (C=O) groups is 1. The van der Waals surface area contributed by atoms with Crippen LogP contribution in [0.3, 0.4) is 0 Å². The van der Waals surface area contributed by atoms with Gasteiger partial charge in [0.2, 0.25) is 5.13 Å². The van der Waals surface area contributed by atoms with Crippen LogP contribution in [0.5, 0.6) is 0 Å². The third kappa shape index (κ3) is 2.90. The molecular formula is C6H5BrN2OS. The molecule has 0 aliphatic rings. The molecule has 0 radical (unpaired) electrons. The molecule has 1 rings (SSSR count). The second kappa shape index (κ2) is 4.35. The molecule has 3 nitrogen and oxygen atoms in total. The summed E-state index contributed by atoms with van der Waals surface area (Å²) >= 11 is 4.51. The summed E-state index contributed by atoms with van der Waals surface area (Å²) in [6, 6.07) is 0. The summed E-state index contributed by atoms with van der Waals surface area (Å²) in [4.78, 5) is 17.6. The van der Waals surface area contributed by atoms with Crippen molar-refractivity contribution in [1.29, 1.82) is 0 Å². The Morgan fingerprint density at radius 3 is 3.18 bits per heavy atom. The van der Waals surface area contributed by atoms with Crippen molar-refractivity contribution in [2.24, 2.45) is 4.99 Å². The molecule has 0 fully saturated rings. The molecule has 0 unspecified atom stereocenters. The van der Waals surface area contributed by atoms with Crippen molar-refractivity contribution in [2.45, 2.75) is 4.83 Å². The van der Waals surface area contributed by atoms with E-state index in [2.05, 4.69) is 25.9 Å². The van der Waals surface area contributed by atoms with E-state index in [0.29, 0.717) is 5.13 Å². The first kappa shape index (κ1) is 8.55. The SMILES string of the molecule is O=C[C@H](Br)C=Nc1nccs1. The Bertz CT molecular complexity index is 247. The second-order valence-electron chi connectivity index (χ2n) is 1.67. The highest BCUT2D eigenvalue weighted by Crippen LogP contribution is 2.13. The van der Waals surface area contributed by atoms with Gasteiger partial charge in [-0.3, -0.25) is 0 Å². The highest BCUT2D eigenvalue weighted by atomic mass is 79.9. The van der Waals surface area contributed by atoms with Gasteiger partial charge in [-0.25, -0.2) is 9.98 Å². The number of hydrogen-bond acceptors (Lipinski definition) is 4. The second-order valence-corrected chi connectivity index (χ2v) is 3.60. The predicted molar refractivity (Wildman–Crippen MR) is 49.0 cm³/mol. The lowest BCUT2D eigenvalue weighted by Crippen LogP contribution is -1.98. The highest BCUT2D eigenvalue weighted by Gasteiger charge is 1.95. The normalized spacial score (nSPS) is 13.5. The summed E-state index contributed by atoms with van der Waals surface area (Å²) in [7, 11) is 0. The monoisotopic (exact) mass is 232 g/mol. The zero-order valence-corrected chi connectivity index (χ0v) is 7.88. The molecule has 0 spiro atoms. The largest absolute Gasteiger partial charge is 0.302 e. The number of aliphatic imine (C=N–C) groups is 1. The van der Waals surface area contributed by atoms with E-state index in [9.17, 15) is 4.79 Å². The van der Waals surface area contributed by atoms with Gasteiger partial charge in [0, 0.05) is 17.8 Å². The van der Waals surface area contributed by atoms with E-state index in [1.807, 2.05) is 5.38 Å². The molecule has 0 saturated carbocycles. The van der Waals surface area contributed by atoms with E-state index in [0.717, 1.165) is 6.29 Å². The average Bonchev–Trinajstić information content (AvgIpc) is 2.52. The average molecular weight is 233 g/mol. The molecule has 0 aliphatic carbocycles. The molecule has 1 aromatic heterocycles. The fourth-order valence-electron chi connectivity index (χ4n) is 0.450. The van der Waals surface area contributed by atoms with Crippen LogP contribution in [0.4, 0.5) is 5.13 Å². The molecule has 0 bridgehead atoms. The summed E-state index contributed by atoms with van der Waals surface area (Å²) in [6.45, 7) is 0. The van der Waals surface area contributed by atoms with E-state index >= 15 is 0 Å². The van der Waals surface area contributed by atoms with Crippen LogP contribution in [-0.2, 0) is 4.79 Å². The van der Waals surface area contributed by atoms with Gasteiger partial charge >= 0.3 is 0 Å². The molecule has 0 amide bonds. The minimum Gasteiger partial charge on any atom is -0.302 e. The van der Waals surface area contributed by atoms with Gasteiger partial charge < -0.3 is 4.79 Å². The van der Waals surface area contributed by atoms with Crippen LogP contribution in [0.1, 0.15) is 0 Å². The Morgan fingerprint density at radius 1 is 1.82 bits per heavy atom. The minimum absolute atomic E-state index is 0.314. The van der Waals surface area contributed by atoms with Crippen LogP contribution in [0.25, 0.3) is 0 Å². The van der Waals surface area contributed by atoms with Crippen LogP contribution >= 0.6 is 27.3 Å². The van der Waals surface area contributed by atoms with Gasteiger partial charge in [0.05, 0.1) is 0 Å². The maximum atomic E-state index is 10.1. The van der Waals surface area contributed by atoms with Gasteiger partial charge in [0.15, 0.2) is 0 Å². The smallest absolute Gasteiger partial charge is 0.208 e. The molecule has 0 N–H and O–H groups in total. The lowest BCUT2D eigenvalue weighted by atomic mass is 10.5. The molecule has 11 heavy (non-hydrogen) atoms. The van der Waals surface area contributed by atoms with Gasteiger partial charge in [0.25, 0.3) is 0 Å². The van der Waals surface area contributed by atoms with E-state index in [1.165, 1.54) is 17.6 Å². The lowest BCUT2D eigenvalue weighted by molar-refractivity contribution is -0.106. The molecule has 0 aromatic carbocycles. The maximum Gasteiger partial charge on any atom is 0.208 e. The van der Waals surface area contributed by atoms with E-state index in [-0.39, 0.29) is 4.83 Å². The summed E-state index contributed by atoms with van der Waals surface area (Å²) in [6.07, 6.45) is 3.93. The van der Waals surface area contributed by atoms with E-state index in [1.54, 1.807) is 6.20 Å². The third-order valence-electron chi connectivity index (χ3n) is 0.877. The number of alkyl halides is 1. The summed E-state index contributed by atoms with van der Waals surface area (Å²) in [5, 5.41) is 2.49. The zero-order valence-electron chi connectivity index (χ0n) is 5.48. The van der Waals surface area contributed by atoms with Crippen molar-refractivity contribution in [3.63, 3.8) is 0 Å². The van der Waals surface area contributed by atoms with Crippen molar-refractivity contribution in [3.05, 3.63) is 11.6 Å². The standard InChI is InChI=1S/C6H5BrN2OS/c7-5(4-10)3-9-6-8-1-2-11-6/h1-5H/t5-/m1/s1. The molecule has 1 heterocycles. The zero-order chi connectivity index (χ0) is 8.10. The Labute approximate surface area is 76.3 Å². The molecule has 1 atom stereocenters. The van der Waals surface area contributed by atoms with Crippen LogP contribution in [0, 0.1) is 0 Å². The minimum atomic E-state index is -0.314. The van der Waals surface area contributed by atoms with Crippen molar-refractivity contribution < 1.29 is 4.79 Å². The number of thiazole rings is 1. The maximum absolute atomic E-state index is 10.1. The molecular weight excluding hydrogens is 228 g/mol. The topological polar surface area (TPSA) is 42.3 Å². The van der Waals surface area contributed by atoms with Crippen molar-refractivity contribution in [2.75, 3.05) is 0 Å². The molecule has 5 heteroatoms. The summed E-state index contributed by atoms with van der Waals surface area (Å²) in [5.74, 6) is 0. The first-order chi connectivity index (χ1) is 5.33. The number of rotatable bonds is 3. The quantitative estimate of drug-likeness (QED) is 0.454. The Morgan fingerprint density at radius 2 is 2.64 bits per heavy atom. The van der Waals surface area contributed by atoms with Crippen molar-refractivity contribution >= 4 is 44.9 Å². The number of aromatic nitrogens is 1. The van der Waals surface area contributed by atoms with Gasteiger partial charge in [-0.1, -0.05) is 15.9 Å². The van der Waals surface area contributed by atoms with Crippen LogP contribution in [0.2, 0.25) is 0 Å². The van der Waals surface area contributed by atoms with E-state index < -0.39 is 0 Å². The fraction of sp³-hybridized carbons (Fsp3) is 0.167. The van der Waals surface area contributed by atoms with Gasteiger partial charge in [-0.2, -0.15) is 0 Å². The van der Waals surface area contributed by atoms with Crippen molar-refractivity contribution in [3.8, 4) is 0 Å². The summed E-state index contributed by atoms with van der Waals surface area (Å²) in [5.41, 5.74) is 0. The first-order valence-electron chi connectivity index (χ1n) is 2.86. The van der Waals surface area contributed by atoms with Crippen molar-refractivity contribution in [1.82, 2.24) is 4.98 Å². The van der Waals surface area contributed by atoms with Gasteiger partial charge in [-0.15, -0.1) is 11.3 Å². The number of nitrogens with zero attached hydrogens (tertiary/aromatic N) is 2. The number of halogens is 1. The lowest BCUT2D eigenvalue weighted by Gasteiger charge is -1.86. The number of aldehydes is 1. The molecule has 58 valence electrons. The van der Waals surface area contributed by atoms with Crippen LogP contribution < -0.4 is 0 Å². The van der Waals surface area contributed by atoms with Gasteiger partial charge in [-0.05, 0) is 0 Å². The fourth-order valence-corrected chi connectivity index (χ4v) is 1.05. The van der Waals surface area contributed by atoms with E-state index in [4.69, 9.17) is 0 Å². The Kier molecular flexibility index (Phi) is 3.38. The van der Waals surface area contributed by atoms with Crippen LogP contribution in [0.15, 0.2) is 16.6 Å². The van der Waals surface area contributed by atoms with Crippen LogP contribution in [-0.4, -0.2) is 22.3 Å². The number of hydrogen-bond donors (Lipinski definition) is 0. The van der Waals surface area contributed by atoms with Gasteiger partial charge in [0.1, 0.15) is 11.1 Å². The number of carbonyl (C=O) groups excluding carboxylic acids is 1. The first-order valence-corrected chi connectivity index (χ1v) is 4.65. The summed E-state index contributed by atoms with van der Waals surface area (Å²) < 4.78 is 0. The molecule has 0 aliphatic heterocycles. The molecule has 0 saturated heterocycles. The Hall–Kier alpha value is -0.550. The third-order valence-corrected chi connectivity index (χ3v) is 2.01. The predicted octanol–water partition coefficient (Wildman–Crippen LogP) is 1.81. The molecule has 1 aromatic rings. The highest BCUT2D eigenvalue weighted by molar-refractivity contribution is 9.10. The Balaban J connectivity index is 2.55.